The van der Waals surface area contributed by atoms with Crippen LogP contribution in [0.3, 0.4) is 0 Å². The van der Waals surface area contributed by atoms with Crippen LogP contribution in [0.25, 0.3) is 10.2 Å². The van der Waals surface area contributed by atoms with E-state index in [-0.39, 0.29) is 6.03 Å². The van der Waals surface area contributed by atoms with Crippen molar-refractivity contribution in [3.63, 3.8) is 0 Å². The minimum absolute atomic E-state index is 0.186. The van der Waals surface area contributed by atoms with Crippen molar-refractivity contribution in [1.29, 1.82) is 0 Å². The van der Waals surface area contributed by atoms with Crippen LogP contribution in [0.5, 0.6) is 5.75 Å². The van der Waals surface area contributed by atoms with Crippen molar-refractivity contribution in [3.05, 3.63) is 48.3 Å². The number of rotatable bonds is 5. The Morgan fingerprint density at radius 1 is 1.33 bits per heavy atom. The fourth-order valence-corrected chi connectivity index (χ4v) is 3.15. The van der Waals surface area contributed by atoms with Crippen LogP contribution in [0.2, 0.25) is 0 Å². The number of nitrogens with one attached hydrogen (secondary N) is 1. The van der Waals surface area contributed by atoms with Gasteiger partial charge in [-0.2, -0.15) is 0 Å². The Bertz CT molecular complexity index is 835. The lowest BCUT2D eigenvalue weighted by Crippen LogP contribution is -2.34. The maximum atomic E-state index is 12.5. The lowest BCUT2D eigenvalue weighted by molar-refractivity contribution is 0.211. The summed E-state index contributed by atoms with van der Waals surface area (Å²) in [7, 11) is 1.63. The standard InChI is InChI=1S/C17H18N4O2S/c1-3-21(11-12-6-4-5-9-18-12)17(22)20-16-19-14-8-7-13(23-2)10-15(14)24-16/h4-10H,3,11H2,1-2H3,(H,19,20,22). The lowest BCUT2D eigenvalue weighted by Gasteiger charge is -2.20. The van der Waals surface area contributed by atoms with Gasteiger partial charge in [0.25, 0.3) is 0 Å². The Morgan fingerprint density at radius 3 is 2.92 bits per heavy atom. The summed E-state index contributed by atoms with van der Waals surface area (Å²) in [5, 5.41) is 3.44. The highest BCUT2D eigenvalue weighted by Crippen LogP contribution is 2.29. The lowest BCUT2D eigenvalue weighted by atomic mass is 10.3. The summed E-state index contributed by atoms with van der Waals surface area (Å²) in [4.78, 5) is 22.9. The van der Waals surface area contributed by atoms with Crippen LogP contribution >= 0.6 is 11.3 Å². The molecule has 0 unspecified atom stereocenters. The zero-order valence-electron chi connectivity index (χ0n) is 13.5. The van der Waals surface area contributed by atoms with Crippen molar-refractivity contribution < 1.29 is 9.53 Å². The van der Waals surface area contributed by atoms with E-state index >= 15 is 0 Å². The molecule has 0 saturated carbocycles. The number of fused-ring (bicyclic) bond motifs is 1. The highest BCUT2D eigenvalue weighted by atomic mass is 32.1. The van der Waals surface area contributed by atoms with E-state index in [1.807, 2.05) is 43.3 Å². The number of carbonyl (C=O) groups is 1. The van der Waals surface area contributed by atoms with Gasteiger partial charge in [-0.1, -0.05) is 17.4 Å². The van der Waals surface area contributed by atoms with Gasteiger partial charge >= 0.3 is 6.03 Å². The van der Waals surface area contributed by atoms with Gasteiger partial charge in [0.15, 0.2) is 5.13 Å². The van der Waals surface area contributed by atoms with Gasteiger partial charge in [-0.3, -0.25) is 10.3 Å². The zero-order chi connectivity index (χ0) is 16.9. The predicted molar refractivity (Wildman–Crippen MR) is 95.5 cm³/mol. The molecule has 3 rings (SSSR count). The number of hydrogen-bond donors (Lipinski definition) is 1. The fourth-order valence-electron chi connectivity index (χ4n) is 2.27. The van der Waals surface area contributed by atoms with Crippen molar-refractivity contribution in [1.82, 2.24) is 14.9 Å². The predicted octanol–water partition coefficient (Wildman–Crippen LogP) is 3.75. The maximum absolute atomic E-state index is 12.5. The molecule has 0 spiro atoms. The molecule has 3 aromatic rings. The van der Waals surface area contributed by atoms with Crippen LogP contribution in [-0.2, 0) is 6.54 Å². The highest BCUT2D eigenvalue weighted by molar-refractivity contribution is 7.22. The van der Waals surface area contributed by atoms with Crippen LogP contribution < -0.4 is 10.1 Å². The molecule has 7 heteroatoms. The Balaban J connectivity index is 1.72. The molecule has 0 aliphatic heterocycles. The number of thiazole rings is 1. The second-order valence-corrected chi connectivity index (χ2v) is 6.15. The number of carbonyl (C=O) groups excluding carboxylic acids is 1. The van der Waals surface area contributed by atoms with Gasteiger partial charge < -0.3 is 9.64 Å². The summed E-state index contributed by atoms with van der Waals surface area (Å²) in [6.45, 7) is 2.98. The van der Waals surface area contributed by atoms with Crippen molar-refractivity contribution in [3.8, 4) is 5.75 Å². The molecule has 24 heavy (non-hydrogen) atoms. The van der Waals surface area contributed by atoms with E-state index in [2.05, 4.69) is 15.3 Å². The first-order chi connectivity index (χ1) is 11.7. The first kappa shape index (κ1) is 16.2. The number of benzene rings is 1. The SMILES string of the molecule is CCN(Cc1ccccn1)C(=O)Nc1nc2ccc(OC)cc2s1. The van der Waals surface area contributed by atoms with E-state index in [9.17, 15) is 4.79 Å². The fraction of sp³-hybridized carbons (Fsp3) is 0.235. The van der Waals surface area contributed by atoms with Crippen LogP contribution in [0.4, 0.5) is 9.93 Å². The van der Waals surface area contributed by atoms with Gasteiger partial charge in [0.2, 0.25) is 0 Å². The first-order valence-corrected chi connectivity index (χ1v) is 8.41. The molecule has 124 valence electrons. The largest absolute Gasteiger partial charge is 0.497 e. The highest BCUT2D eigenvalue weighted by Gasteiger charge is 2.15. The van der Waals surface area contributed by atoms with E-state index in [1.54, 1.807) is 18.2 Å². The minimum Gasteiger partial charge on any atom is -0.497 e. The average molecular weight is 342 g/mol. The normalized spacial score (nSPS) is 10.6. The molecule has 0 atom stereocenters. The molecule has 1 aromatic carbocycles. The Kier molecular flexibility index (Phi) is 4.90. The number of aromatic nitrogens is 2. The molecule has 0 fully saturated rings. The quantitative estimate of drug-likeness (QED) is 0.767. The summed E-state index contributed by atoms with van der Waals surface area (Å²) >= 11 is 1.42. The second-order valence-electron chi connectivity index (χ2n) is 5.12. The Morgan fingerprint density at radius 2 is 2.21 bits per heavy atom. The zero-order valence-corrected chi connectivity index (χ0v) is 14.3. The Hall–Kier alpha value is -2.67. The number of urea groups is 1. The molecule has 1 N–H and O–H groups in total. The van der Waals surface area contributed by atoms with Gasteiger partial charge in [0, 0.05) is 12.7 Å². The van der Waals surface area contributed by atoms with Gasteiger partial charge in [0.05, 0.1) is 29.6 Å². The molecular formula is C17H18N4O2S. The molecule has 0 saturated heterocycles. The van der Waals surface area contributed by atoms with Crippen molar-refractivity contribution in [2.24, 2.45) is 0 Å². The number of amides is 2. The number of pyridine rings is 1. The second kappa shape index (κ2) is 7.27. The van der Waals surface area contributed by atoms with E-state index in [0.717, 1.165) is 21.7 Å². The summed E-state index contributed by atoms with van der Waals surface area (Å²) < 4.78 is 6.18. The molecule has 6 nitrogen and oxygen atoms in total. The number of hydrogen-bond acceptors (Lipinski definition) is 5. The summed E-state index contributed by atoms with van der Waals surface area (Å²) in [5.41, 5.74) is 1.69. The average Bonchev–Trinajstić information content (AvgIpc) is 3.01. The third kappa shape index (κ3) is 3.62. The van der Waals surface area contributed by atoms with Crippen molar-refractivity contribution in [2.75, 3.05) is 19.0 Å². The van der Waals surface area contributed by atoms with E-state index in [0.29, 0.717) is 18.2 Å². The van der Waals surface area contributed by atoms with Gasteiger partial charge in [-0.25, -0.2) is 9.78 Å². The number of methoxy groups -OCH3 is 1. The van der Waals surface area contributed by atoms with Crippen LogP contribution in [0.15, 0.2) is 42.6 Å². The minimum atomic E-state index is -0.186. The molecule has 0 aliphatic carbocycles. The molecule has 0 bridgehead atoms. The molecule has 2 amide bonds. The van der Waals surface area contributed by atoms with E-state index in [4.69, 9.17) is 4.74 Å². The summed E-state index contributed by atoms with van der Waals surface area (Å²) in [5.74, 6) is 0.773. The third-order valence-corrected chi connectivity index (χ3v) is 4.49. The molecule has 2 heterocycles. The molecule has 2 aromatic heterocycles. The van der Waals surface area contributed by atoms with Gasteiger partial charge in [-0.05, 0) is 37.3 Å². The van der Waals surface area contributed by atoms with Crippen molar-refractivity contribution >= 4 is 32.7 Å². The molecule has 0 aliphatic rings. The first-order valence-electron chi connectivity index (χ1n) is 7.60. The maximum Gasteiger partial charge on any atom is 0.323 e. The number of nitrogens with zero attached hydrogens (tertiary/aromatic N) is 3. The van der Waals surface area contributed by atoms with Gasteiger partial charge in [0.1, 0.15) is 5.75 Å². The van der Waals surface area contributed by atoms with Crippen LogP contribution in [0.1, 0.15) is 12.6 Å². The monoisotopic (exact) mass is 342 g/mol. The van der Waals surface area contributed by atoms with Crippen molar-refractivity contribution in [2.45, 2.75) is 13.5 Å². The summed E-state index contributed by atoms with van der Waals surface area (Å²) in [6.07, 6.45) is 1.72. The smallest absolute Gasteiger partial charge is 0.323 e. The summed E-state index contributed by atoms with van der Waals surface area (Å²) in [6, 6.07) is 11.1. The van der Waals surface area contributed by atoms with Crippen LogP contribution in [-0.4, -0.2) is 34.6 Å². The van der Waals surface area contributed by atoms with E-state index < -0.39 is 0 Å². The van der Waals surface area contributed by atoms with E-state index in [1.165, 1.54) is 11.3 Å². The number of ether oxygens (including phenoxy) is 1. The molecule has 0 radical (unpaired) electrons. The van der Waals surface area contributed by atoms with Gasteiger partial charge in [-0.15, -0.1) is 0 Å². The van der Waals surface area contributed by atoms with Crippen LogP contribution in [0, 0.1) is 0 Å². The third-order valence-electron chi connectivity index (χ3n) is 3.56. The number of anilines is 1. The topological polar surface area (TPSA) is 67.4 Å². The Labute approximate surface area is 144 Å². The molecular weight excluding hydrogens is 324 g/mol.